The Morgan fingerprint density at radius 3 is 2.64 bits per heavy atom. The molecule has 2 aliphatic carbocycles. The summed E-state index contributed by atoms with van der Waals surface area (Å²) < 4.78 is 0. The standard InChI is InChI=1S/C20H16N.Pt/c1-2-8-16-15(7-1)19-18-14(10-13-21-19)6-5-9-17(18)20(16)11-3-4-12-20;/h1-2,5-6,8-10,13H,3-4,11-12H2;/q-1;. The van der Waals surface area contributed by atoms with Gasteiger partial charge in [0.2, 0.25) is 0 Å². The van der Waals surface area contributed by atoms with Gasteiger partial charge in [-0.3, -0.25) is 0 Å². The number of rotatable bonds is 0. The number of hydrogen-bond donors (Lipinski definition) is 0. The van der Waals surface area contributed by atoms with Crippen molar-refractivity contribution in [2.75, 3.05) is 0 Å². The molecule has 3 aromatic rings. The second-order valence-corrected chi connectivity index (χ2v) is 6.31. The summed E-state index contributed by atoms with van der Waals surface area (Å²) in [6, 6.07) is 18.8. The van der Waals surface area contributed by atoms with Crippen molar-refractivity contribution in [2.24, 2.45) is 0 Å². The summed E-state index contributed by atoms with van der Waals surface area (Å²) in [5.41, 5.74) is 5.48. The first-order valence-corrected chi connectivity index (χ1v) is 7.80. The van der Waals surface area contributed by atoms with E-state index >= 15 is 0 Å². The zero-order valence-corrected chi connectivity index (χ0v) is 14.5. The minimum absolute atomic E-state index is 0. The van der Waals surface area contributed by atoms with Gasteiger partial charge in [-0.15, -0.1) is 35.4 Å². The summed E-state index contributed by atoms with van der Waals surface area (Å²) in [6.07, 6.45) is 7.08. The van der Waals surface area contributed by atoms with E-state index in [4.69, 9.17) is 4.98 Å². The van der Waals surface area contributed by atoms with Crippen LogP contribution in [0.25, 0.3) is 22.0 Å². The number of pyridine rings is 1. The van der Waals surface area contributed by atoms with E-state index in [9.17, 15) is 0 Å². The van der Waals surface area contributed by atoms with E-state index in [1.54, 1.807) is 0 Å². The molecule has 0 saturated heterocycles. The van der Waals surface area contributed by atoms with Crippen LogP contribution in [-0.2, 0) is 26.5 Å². The normalized spacial score (nSPS) is 17.3. The van der Waals surface area contributed by atoms with Crippen LogP contribution in [0.15, 0.2) is 48.7 Å². The zero-order chi connectivity index (χ0) is 13.9. The van der Waals surface area contributed by atoms with Crippen molar-refractivity contribution in [3.05, 3.63) is 65.9 Å². The molecule has 0 aliphatic heterocycles. The van der Waals surface area contributed by atoms with E-state index in [0.29, 0.717) is 0 Å². The molecule has 2 heteroatoms. The van der Waals surface area contributed by atoms with Gasteiger partial charge in [-0.25, -0.2) is 0 Å². The summed E-state index contributed by atoms with van der Waals surface area (Å²) in [6.45, 7) is 0. The molecule has 0 N–H and O–H groups in total. The average Bonchev–Trinajstić information content (AvgIpc) is 3.03. The topological polar surface area (TPSA) is 12.9 Å². The van der Waals surface area contributed by atoms with E-state index < -0.39 is 0 Å². The Balaban J connectivity index is 0.00000125. The second-order valence-electron chi connectivity index (χ2n) is 6.31. The van der Waals surface area contributed by atoms with Crippen molar-refractivity contribution < 1.29 is 21.1 Å². The van der Waals surface area contributed by atoms with Crippen LogP contribution in [0.3, 0.4) is 0 Å². The summed E-state index contributed by atoms with van der Waals surface area (Å²) in [4.78, 5) is 4.70. The molecule has 2 aliphatic rings. The number of hydrogen-bond acceptors (Lipinski definition) is 1. The molecule has 112 valence electrons. The van der Waals surface area contributed by atoms with Crippen LogP contribution in [0.4, 0.5) is 0 Å². The molecule has 22 heavy (non-hydrogen) atoms. The van der Waals surface area contributed by atoms with Crippen LogP contribution < -0.4 is 0 Å². The maximum Gasteiger partial charge on any atom is 0.0167 e. The molecule has 1 heterocycles. The molecular weight excluding hydrogens is 449 g/mol. The summed E-state index contributed by atoms with van der Waals surface area (Å²) in [5.74, 6) is 0. The van der Waals surface area contributed by atoms with Gasteiger partial charge >= 0.3 is 0 Å². The molecule has 1 saturated carbocycles. The van der Waals surface area contributed by atoms with Gasteiger partial charge < -0.3 is 4.98 Å². The monoisotopic (exact) mass is 465 g/mol. The molecule has 1 nitrogen and oxygen atoms in total. The minimum atomic E-state index is 0. The summed E-state index contributed by atoms with van der Waals surface area (Å²) in [7, 11) is 0. The molecule has 1 spiro atoms. The molecular formula is C20H16NPt-. The SMILES string of the molecule is [Pt].[c-]1cccc2c1-c1nccc3cccc(c13)C21CCCC1. The molecule has 0 bridgehead atoms. The molecule has 1 fully saturated rings. The van der Waals surface area contributed by atoms with E-state index in [1.165, 1.54) is 53.1 Å². The Morgan fingerprint density at radius 1 is 0.955 bits per heavy atom. The molecule has 0 amide bonds. The van der Waals surface area contributed by atoms with E-state index in [1.807, 2.05) is 12.3 Å². The molecule has 0 unspecified atom stereocenters. The van der Waals surface area contributed by atoms with Gasteiger partial charge in [0.15, 0.2) is 0 Å². The molecule has 1 aromatic heterocycles. The van der Waals surface area contributed by atoms with Gasteiger partial charge in [-0.2, -0.15) is 0 Å². The maximum atomic E-state index is 4.70. The van der Waals surface area contributed by atoms with Crippen LogP contribution in [-0.4, -0.2) is 4.98 Å². The van der Waals surface area contributed by atoms with E-state index in [0.717, 1.165) is 5.69 Å². The predicted octanol–water partition coefficient (Wildman–Crippen LogP) is 4.87. The van der Waals surface area contributed by atoms with Crippen LogP contribution >= 0.6 is 0 Å². The Labute approximate surface area is 145 Å². The third kappa shape index (κ3) is 1.66. The van der Waals surface area contributed by atoms with Gasteiger partial charge in [0, 0.05) is 27.3 Å². The Morgan fingerprint density at radius 2 is 1.77 bits per heavy atom. The number of benzene rings is 2. The fraction of sp³-hybridized carbons (Fsp3) is 0.250. The van der Waals surface area contributed by atoms with Crippen LogP contribution in [0, 0.1) is 6.07 Å². The predicted molar refractivity (Wildman–Crippen MR) is 85.3 cm³/mol. The van der Waals surface area contributed by atoms with Gasteiger partial charge in [0.05, 0.1) is 0 Å². The summed E-state index contributed by atoms with van der Waals surface area (Å²) in [5, 5.41) is 2.67. The maximum absolute atomic E-state index is 4.70. The minimum Gasteiger partial charge on any atom is -0.304 e. The molecule has 2 aromatic carbocycles. The van der Waals surface area contributed by atoms with Crippen molar-refractivity contribution >= 4 is 10.8 Å². The van der Waals surface area contributed by atoms with E-state index in [2.05, 4.69) is 42.5 Å². The number of aromatic nitrogens is 1. The first kappa shape index (κ1) is 14.2. The van der Waals surface area contributed by atoms with Gasteiger partial charge in [-0.1, -0.05) is 31.0 Å². The van der Waals surface area contributed by atoms with Gasteiger partial charge in [0.1, 0.15) is 0 Å². The first-order valence-electron chi connectivity index (χ1n) is 7.80. The Kier molecular flexibility index (Phi) is 3.24. The Hall–Kier alpha value is -1.46. The molecule has 0 radical (unpaired) electrons. The van der Waals surface area contributed by atoms with Crippen molar-refractivity contribution in [1.29, 1.82) is 0 Å². The zero-order valence-electron chi connectivity index (χ0n) is 12.2. The number of fused-ring (bicyclic) bond motifs is 4. The third-order valence-corrected chi connectivity index (χ3v) is 5.37. The molecule has 0 atom stereocenters. The van der Waals surface area contributed by atoms with Gasteiger partial charge in [-0.05, 0) is 46.4 Å². The fourth-order valence-corrected chi connectivity index (χ4v) is 4.51. The van der Waals surface area contributed by atoms with Crippen LogP contribution in [0.2, 0.25) is 0 Å². The summed E-state index contributed by atoms with van der Waals surface area (Å²) >= 11 is 0. The quantitative estimate of drug-likeness (QED) is 0.432. The van der Waals surface area contributed by atoms with Crippen LogP contribution in [0.1, 0.15) is 36.8 Å². The van der Waals surface area contributed by atoms with Crippen molar-refractivity contribution in [2.45, 2.75) is 31.1 Å². The fourth-order valence-electron chi connectivity index (χ4n) is 4.51. The van der Waals surface area contributed by atoms with Crippen LogP contribution in [0.5, 0.6) is 0 Å². The smallest absolute Gasteiger partial charge is 0.0167 e. The molecule has 5 rings (SSSR count). The van der Waals surface area contributed by atoms with Crippen molar-refractivity contribution in [3.8, 4) is 11.3 Å². The van der Waals surface area contributed by atoms with Crippen molar-refractivity contribution in [3.63, 3.8) is 0 Å². The van der Waals surface area contributed by atoms with E-state index in [-0.39, 0.29) is 26.5 Å². The van der Waals surface area contributed by atoms with Crippen molar-refractivity contribution in [1.82, 2.24) is 4.98 Å². The first-order chi connectivity index (χ1) is 10.4. The third-order valence-electron chi connectivity index (χ3n) is 5.37. The second kappa shape index (κ2) is 5.03. The Bertz CT molecular complexity index is 857. The average molecular weight is 465 g/mol. The van der Waals surface area contributed by atoms with Gasteiger partial charge in [0.25, 0.3) is 0 Å². The number of nitrogens with zero attached hydrogens (tertiary/aromatic N) is 1. The largest absolute Gasteiger partial charge is 0.304 e.